The first-order valence-electron chi connectivity index (χ1n) is 6.96. The van der Waals surface area contributed by atoms with Gasteiger partial charge in [-0.3, -0.25) is 4.79 Å². The lowest BCUT2D eigenvalue weighted by molar-refractivity contribution is 0.102. The Bertz CT molecular complexity index is 621. The standard InChI is InChI=1S/C17H20N2O2/c1-4-21-14-8-6-13(7-9-14)19-17(20)15-11-12(2)5-10-16(15)18-3/h5-11,18H,4H2,1-3H3,(H,19,20). The van der Waals surface area contributed by atoms with E-state index in [4.69, 9.17) is 4.74 Å². The molecule has 2 N–H and O–H groups in total. The lowest BCUT2D eigenvalue weighted by atomic mass is 10.1. The second-order valence-corrected chi connectivity index (χ2v) is 4.71. The molecule has 4 nitrogen and oxygen atoms in total. The Morgan fingerprint density at radius 1 is 1.14 bits per heavy atom. The normalized spacial score (nSPS) is 10.0. The van der Waals surface area contributed by atoms with E-state index in [2.05, 4.69) is 10.6 Å². The summed E-state index contributed by atoms with van der Waals surface area (Å²) < 4.78 is 5.38. The number of benzene rings is 2. The molecule has 0 unspecified atom stereocenters. The smallest absolute Gasteiger partial charge is 0.257 e. The van der Waals surface area contributed by atoms with E-state index in [1.807, 2.05) is 56.3 Å². The van der Waals surface area contributed by atoms with Crippen LogP contribution in [0.25, 0.3) is 0 Å². The van der Waals surface area contributed by atoms with Crippen LogP contribution in [0.4, 0.5) is 11.4 Å². The van der Waals surface area contributed by atoms with Crippen LogP contribution in [0.3, 0.4) is 0 Å². The molecule has 0 atom stereocenters. The van der Waals surface area contributed by atoms with Gasteiger partial charge in [0.05, 0.1) is 12.2 Å². The summed E-state index contributed by atoms with van der Waals surface area (Å²) in [5.74, 6) is 0.661. The molecule has 2 aromatic carbocycles. The average Bonchev–Trinajstić information content (AvgIpc) is 2.49. The fourth-order valence-corrected chi connectivity index (χ4v) is 2.06. The summed E-state index contributed by atoms with van der Waals surface area (Å²) in [5, 5.41) is 5.93. The van der Waals surface area contributed by atoms with E-state index in [0.29, 0.717) is 12.2 Å². The Morgan fingerprint density at radius 2 is 1.86 bits per heavy atom. The zero-order chi connectivity index (χ0) is 15.2. The highest BCUT2D eigenvalue weighted by atomic mass is 16.5. The Balaban J connectivity index is 2.15. The van der Waals surface area contributed by atoms with Gasteiger partial charge in [0.1, 0.15) is 5.75 Å². The highest BCUT2D eigenvalue weighted by Crippen LogP contribution is 2.20. The molecule has 4 heteroatoms. The molecule has 0 bridgehead atoms. The molecule has 0 radical (unpaired) electrons. The molecule has 0 aliphatic heterocycles. The Labute approximate surface area is 125 Å². The quantitative estimate of drug-likeness (QED) is 0.880. The number of nitrogens with one attached hydrogen (secondary N) is 2. The van der Waals surface area contributed by atoms with Gasteiger partial charge < -0.3 is 15.4 Å². The lowest BCUT2D eigenvalue weighted by Crippen LogP contribution is -2.14. The fraction of sp³-hybridized carbons (Fsp3) is 0.235. The van der Waals surface area contributed by atoms with Crippen LogP contribution in [-0.4, -0.2) is 19.6 Å². The van der Waals surface area contributed by atoms with Crippen molar-refractivity contribution in [2.75, 3.05) is 24.3 Å². The maximum atomic E-state index is 12.4. The van der Waals surface area contributed by atoms with Crippen molar-refractivity contribution >= 4 is 17.3 Å². The molecule has 110 valence electrons. The molecule has 0 saturated heterocycles. The molecule has 0 fully saturated rings. The number of ether oxygens (including phenoxy) is 1. The van der Waals surface area contributed by atoms with Crippen LogP contribution in [0.2, 0.25) is 0 Å². The second-order valence-electron chi connectivity index (χ2n) is 4.71. The van der Waals surface area contributed by atoms with Gasteiger partial charge in [-0.15, -0.1) is 0 Å². The van der Waals surface area contributed by atoms with Crippen LogP contribution in [0.15, 0.2) is 42.5 Å². The minimum absolute atomic E-state index is 0.132. The zero-order valence-corrected chi connectivity index (χ0v) is 12.6. The first kappa shape index (κ1) is 14.9. The first-order valence-corrected chi connectivity index (χ1v) is 6.96. The highest BCUT2D eigenvalue weighted by molar-refractivity contribution is 6.08. The summed E-state index contributed by atoms with van der Waals surface area (Å²) in [6, 6.07) is 13.1. The van der Waals surface area contributed by atoms with Gasteiger partial charge in [0, 0.05) is 18.4 Å². The Kier molecular flexibility index (Phi) is 4.82. The monoisotopic (exact) mass is 284 g/mol. The van der Waals surface area contributed by atoms with E-state index in [-0.39, 0.29) is 5.91 Å². The fourth-order valence-electron chi connectivity index (χ4n) is 2.06. The third kappa shape index (κ3) is 3.75. The summed E-state index contributed by atoms with van der Waals surface area (Å²) in [6.45, 7) is 4.53. The van der Waals surface area contributed by atoms with E-state index in [1.54, 1.807) is 7.05 Å². The van der Waals surface area contributed by atoms with Crippen molar-refractivity contribution < 1.29 is 9.53 Å². The maximum absolute atomic E-state index is 12.4. The zero-order valence-electron chi connectivity index (χ0n) is 12.6. The Hall–Kier alpha value is -2.49. The van der Waals surface area contributed by atoms with Gasteiger partial charge in [-0.1, -0.05) is 11.6 Å². The van der Waals surface area contributed by atoms with Crippen molar-refractivity contribution in [3.05, 3.63) is 53.6 Å². The van der Waals surface area contributed by atoms with E-state index in [1.165, 1.54) is 0 Å². The minimum atomic E-state index is -0.132. The molecule has 0 aliphatic rings. The molecule has 0 aliphatic carbocycles. The molecular formula is C17H20N2O2. The van der Waals surface area contributed by atoms with E-state index >= 15 is 0 Å². The van der Waals surface area contributed by atoms with Crippen LogP contribution in [0.1, 0.15) is 22.8 Å². The topological polar surface area (TPSA) is 50.4 Å². The van der Waals surface area contributed by atoms with Gasteiger partial charge in [0.15, 0.2) is 0 Å². The SMILES string of the molecule is CCOc1ccc(NC(=O)c2cc(C)ccc2NC)cc1. The van der Waals surface area contributed by atoms with Crippen molar-refractivity contribution in [2.24, 2.45) is 0 Å². The Morgan fingerprint density at radius 3 is 2.48 bits per heavy atom. The number of carbonyl (C=O) groups is 1. The average molecular weight is 284 g/mol. The molecule has 0 saturated carbocycles. The number of hydrogen-bond donors (Lipinski definition) is 2. The third-order valence-electron chi connectivity index (χ3n) is 3.11. The van der Waals surface area contributed by atoms with E-state index < -0.39 is 0 Å². The largest absolute Gasteiger partial charge is 0.494 e. The molecule has 0 spiro atoms. The third-order valence-corrected chi connectivity index (χ3v) is 3.11. The maximum Gasteiger partial charge on any atom is 0.257 e. The van der Waals surface area contributed by atoms with Crippen LogP contribution in [-0.2, 0) is 0 Å². The van der Waals surface area contributed by atoms with Crippen LogP contribution >= 0.6 is 0 Å². The van der Waals surface area contributed by atoms with Crippen LogP contribution in [0.5, 0.6) is 5.75 Å². The van der Waals surface area contributed by atoms with Gasteiger partial charge in [0.2, 0.25) is 0 Å². The number of amides is 1. The van der Waals surface area contributed by atoms with Crippen molar-refractivity contribution in [1.29, 1.82) is 0 Å². The summed E-state index contributed by atoms with van der Waals surface area (Å²) >= 11 is 0. The molecule has 21 heavy (non-hydrogen) atoms. The van der Waals surface area contributed by atoms with Crippen molar-refractivity contribution in [2.45, 2.75) is 13.8 Å². The predicted octanol–water partition coefficient (Wildman–Crippen LogP) is 3.69. The highest BCUT2D eigenvalue weighted by Gasteiger charge is 2.11. The summed E-state index contributed by atoms with van der Waals surface area (Å²) in [7, 11) is 1.80. The molecule has 0 aromatic heterocycles. The van der Waals surface area contributed by atoms with Crippen LogP contribution < -0.4 is 15.4 Å². The molecule has 2 rings (SSSR count). The minimum Gasteiger partial charge on any atom is -0.494 e. The van der Waals surface area contributed by atoms with E-state index in [0.717, 1.165) is 22.7 Å². The van der Waals surface area contributed by atoms with Gasteiger partial charge >= 0.3 is 0 Å². The first-order chi connectivity index (χ1) is 10.1. The van der Waals surface area contributed by atoms with Gasteiger partial charge in [-0.05, 0) is 50.2 Å². The van der Waals surface area contributed by atoms with Crippen LogP contribution in [0, 0.1) is 6.92 Å². The molecular weight excluding hydrogens is 264 g/mol. The van der Waals surface area contributed by atoms with E-state index in [9.17, 15) is 4.79 Å². The van der Waals surface area contributed by atoms with Gasteiger partial charge in [0.25, 0.3) is 5.91 Å². The van der Waals surface area contributed by atoms with Gasteiger partial charge in [-0.2, -0.15) is 0 Å². The molecule has 0 heterocycles. The lowest BCUT2D eigenvalue weighted by Gasteiger charge is -2.11. The molecule has 2 aromatic rings. The van der Waals surface area contributed by atoms with Crippen molar-refractivity contribution in [1.82, 2.24) is 0 Å². The van der Waals surface area contributed by atoms with Crippen molar-refractivity contribution in [3.63, 3.8) is 0 Å². The number of hydrogen-bond acceptors (Lipinski definition) is 3. The number of anilines is 2. The van der Waals surface area contributed by atoms with Crippen molar-refractivity contribution in [3.8, 4) is 5.75 Å². The summed E-state index contributed by atoms with van der Waals surface area (Å²) in [6.07, 6.45) is 0. The molecule has 1 amide bonds. The van der Waals surface area contributed by atoms with Gasteiger partial charge in [-0.25, -0.2) is 0 Å². The number of rotatable bonds is 5. The number of aryl methyl sites for hydroxylation is 1. The summed E-state index contributed by atoms with van der Waals surface area (Å²) in [5.41, 5.74) is 3.23. The number of carbonyl (C=O) groups excluding carboxylic acids is 1. The second kappa shape index (κ2) is 6.79. The summed E-state index contributed by atoms with van der Waals surface area (Å²) in [4.78, 5) is 12.4. The predicted molar refractivity (Wildman–Crippen MR) is 86.3 cm³/mol.